The second-order valence-corrected chi connectivity index (χ2v) is 2.32. The minimum Gasteiger partial charge on any atom is -0.152 e. The Morgan fingerprint density at radius 2 is 2.29 bits per heavy atom. The van der Waals surface area contributed by atoms with Gasteiger partial charge in [0, 0.05) is 0 Å². The van der Waals surface area contributed by atoms with Crippen molar-refractivity contribution in [3.63, 3.8) is 0 Å². The van der Waals surface area contributed by atoms with E-state index in [9.17, 15) is 0 Å². The molecule has 0 atom stereocenters. The van der Waals surface area contributed by atoms with Gasteiger partial charge in [-0.25, -0.2) is 0 Å². The fourth-order valence-corrected chi connectivity index (χ4v) is 1.16. The van der Waals surface area contributed by atoms with Crippen molar-refractivity contribution in [2.45, 2.75) is 6.92 Å². The van der Waals surface area contributed by atoms with Crippen LogP contribution in [-0.2, 0) is 0 Å². The van der Waals surface area contributed by atoms with E-state index in [1.54, 1.807) is 11.3 Å². The van der Waals surface area contributed by atoms with Crippen LogP contribution in [0, 0.1) is 13.8 Å². The van der Waals surface area contributed by atoms with Gasteiger partial charge in [-0.2, -0.15) is 11.3 Å². The molecule has 0 saturated carbocycles. The Morgan fingerprint density at radius 1 is 1.57 bits per heavy atom. The third-order valence-corrected chi connectivity index (χ3v) is 1.87. The van der Waals surface area contributed by atoms with Gasteiger partial charge >= 0.3 is 0 Å². The largest absolute Gasteiger partial charge is 0.152 e. The van der Waals surface area contributed by atoms with Crippen molar-refractivity contribution in [2.24, 2.45) is 0 Å². The van der Waals surface area contributed by atoms with E-state index < -0.39 is 0 Å². The SMILES string of the molecule is [CH2]c1cscc1C. The lowest BCUT2D eigenvalue weighted by Crippen LogP contribution is -1.63. The second-order valence-electron chi connectivity index (χ2n) is 1.58. The van der Waals surface area contributed by atoms with Crippen molar-refractivity contribution in [3.8, 4) is 0 Å². The van der Waals surface area contributed by atoms with Crippen molar-refractivity contribution in [1.29, 1.82) is 0 Å². The molecule has 1 rings (SSSR count). The van der Waals surface area contributed by atoms with Crippen LogP contribution in [0.3, 0.4) is 0 Å². The Morgan fingerprint density at radius 3 is 2.43 bits per heavy atom. The van der Waals surface area contributed by atoms with E-state index in [0.29, 0.717) is 0 Å². The molecule has 1 heteroatoms. The molecule has 0 unspecified atom stereocenters. The van der Waals surface area contributed by atoms with E-state index in [-0.39, 0.29) is 0 Å². The summed E-state index contributed by atoms with van der Waals surface area (Å²) in [6.45, 7) is 5.86. The van der Waals surface area contributed by atoms with Gasteiger partial charge in [-0.1, -0.05) is 0 Å². The van der Waals surface area contributed by atoms with Gasteiger partial charge in [0.2, 0.25) is 0 Å². The lowest BCUT2D eigenvalue weighted by molar-refractivity contribution is 1.50. The summed E-state index contributed by atoms with van der Waals surface area (Å²) < 4.78 is 0. The van der Waals surface area contributed by atoms with Crippen LogP contribution in [0.4, 0.5) is 0 Å². The van der Waals surface area contributed by atoms with E-state index in [4.69, 9.17) is 0 Å². The molecule has 0 nitrogen and oxygen atoms in total. The Bertz CT molecular complexity index is 136. The molecule has 0 spiro atoms. The maximum atomic E-state index is 3.79. The molecule has 1 aromatic heterocycles. The zero-order valence-electron chi connectivity index (χ0n) is 4.27. The molecule has 0 fully saturated rings. The molecular weight excluding hydrogens is 104 g/mol. The van der Waals surface area contributed by atoms with Crippen LogP contribution < -0.4 is 0 Å². The van der Waals surface area contributed by atoms with Crippen LogP contribution in [-0.4, -0.2) is 0 Å². The molecule has 7 heavy (non-hydrogen) atoms. The molecule has 0 saturated heterocycles. The van der Waals surface area contributed by atoms with Crippen molar-refractivity contribution in [2.75, 3.05) is 0 Å². The molecule has 1 heterocycles. The summed E-state index contributed by atoms with van der Waals surface area (Å²) >= 11 is 1.70. The van der Waals surface area contributed by atoms with Crippen LogP contribution in [0.25, 0.3) is 0 Å². The zero-order valence-corrected chi connectivity index (χ0v) is 5.09. The first-order valence-electron chi connectivity index (χ1n) is 2.15. The summed E-state index contributed by atoms with van der Waals surface area (Å²) in [5, 5.41) is 4.15. The van der Waals surface area contributed by atoms with Gasteiger partial charge in [0.25, 0.3) is 0 Å². The van der Waals surface area contributed by atoms with Gasteiger partial charge in [0.15, 0.2) is 0 Å². The summed E-state index contributed by atoms with van der Waals surface area (Å²) in [6.07, 6.45) is 0. The molecule has 37 valence electrons. The van der Waals surface area contributed by atoms with Gasteiger partial charge in [-0.3, -0.25) is 0 Å². The second kappa shape index (κ2) is 1.66. The predicted molar refractivity (Wildman–Crippen MR) is 33.5 cm³/mol. The van der Waals surface area contributed by atoms with Gasteiger partial charge < -0.3 is 0 Å². The third kappa shape index (κ3) is 0.829. The Balaban J connectivity index is 3.12. The highest BCUT2D eigenvalue weighted by molar-refractivity contribution is 7.08. The number of thiophene rings is 1. The minimum atomic E-state index is 1.16. The van der Waals surface area contributed by atoms with E-state index in [1.165, 1.54) is 5.56 Å². The quantitative estimate of drug-likeness (QED) is 0.481. The summed E-state index contributed by atoms with van der Waals surface area (Å²) in [7, 11) is 0. The molecular formula is C6H7S. The summed E-state index contributed by atoms with van der Waals surface area (Å²) in [6, 6.07) is 0. The van der Waals surface area contributed by atoms with Crippen molar-refractivity contribution >= 4 is 11.3 Å². The predicted octanol–water partition coefficient (Wildman–Crippen LogP) is 2.24. The van der Waals surface area contributed by atoms with E-state index in [2.05, 4.69) is 24.6 Å². The molecule has 0 amide bonds. The fraction of sp³-hybridized carbons (Fsp3) is 0.167. The first-order valence-corrected chi connectivity index (χ1v) is 3.10. The number of hydrogen-bond donors (Lipinski definition) is 0. The lowest BCUT2D eigenvalue weighted by Gasteiger charge is -1.79. The molecule has 1 aromatic rings. The van der Waals surface area contributed by atoms with E-state index >= 15 is 0 Å². The van der Waals surface area contributed by atoms with Crippen molar-refractivity contribution in [1.82, 2.24) is 0 Å². The molecule has 0 aliphatic carbocycles. The average molecular weight is 111 g/mol. The molecule has 1 radical (unpaired) electrons. The van der Waals surface area contributed by atoms with Gasteiger partial charge in [0.05, 0.1) is 0 Å². The normalized spacial score (nSPS) is 9.43. The highest BCUT2D eigenvalue weighted by Gasteiger charge is 1.87. The highest BCUT2D eigenvalue weighted by Crippen LogP contribution is 2.10. The van der Waals surface area contributed by atoms with Crippen LogP contribution >= 0.6 is 11.3 Å². The van der Waals surface area contributed by atoms with Crippen molar-refractivity contribution in [3.05, 3.63) is 28.8 Å². The van der Waals surface area contributed by atoms with E-state index in [1.807, 2.05) is 0 Å². The van der Waals surface area contributed by atoms with Gasteiger partial charge in [-0.15, -0.1) is 0 Å². The van der Waals surface area contributed by atoms with Gasteiger partial charge in [0.1, 0.15) is 0 Å². The molecule has 0 aliphatic heterocycles. The molecule has 0 aromatic carbocycles. The average Bonchev–Trinajstić information content (AvgIpc) is 1.91. The fourth-order valence-electron chi connectivity index (χ4n) is 0.387. The van der Waals surface area contributed by atoms with Crippen LogP contribution in [0.5, 0.6) is 0 Å². The summed E-state index contributed by atoms with van der Waals surface area (Å²) in [4.78, 5) is 0. The number of aryl methyl sites for hydroxylation is 1. The van der Waals surface area contributed by atoms with Crippen LogP contribution in [0.15, 0.2) is 10.8 Å². The number of rotatable bonds is 0. The standard InChI is InChI=1S/C6H7S/c1-5-3-7-4-6(5)2/h3-4H,1H2,2H3. The summed E-state index contributed by atoms with van der Waals surface area (Å²) in [5.41, 5.74) is 2.45. The Hall–Kier alpha value is -0.300. The molecule has 0 aliphatic rings. The Labute approximate surface area is 47.8 Å². The van der Waals surface area contributed by atoms with Crippen molar-refractivity contribution < 1.29 is 0 Å². The van der Waals surface area contributed by atoms with Crippen LogP contribution in [0.1, 0.15) is 11.1 Å². The first kappa shape index (κ1) is 4.85. The molecule has 0 bridgehead atoms. The maximum Gasteiger partial charge on any atom is -0.00584 e. The smallest absolute Gasteiger partial charge is 0.00584 e. The maximum absolute atomic E-state index is 3.79. The molecule has 0 N–H and O–H groups in total. The van der Waals surface area contributed by atoms with Crippen LogP contribution in [0.2, 0.25) is 0 Å². The minimum absolute atomic E-state index is 1.16. The topological polar surface area (TPSA) is 0 Å². The third-order valence-electron chi connectivity index (χ3n) is 0.962. The lowest BCUT2D eigenvalue weighted by atomic mass is 10.2. The Kier molecular flexibility index (Phi) is 1.15. The zero-order chi connectivity index (χ0) is 5.28. The van der Waals surface area contributed by atoms with Gasteiger partial charge in [-0.05, 0) is 35.7 Å². The highest BCUT2D eigenvalue weighted by atomic mass is 32.1. The van der Waals surface area contributed by atoms with E-state index in [0.717, 1.165) is 5.56 Å². The first-order chi connectivity index (χ1) is 3.30. The summed E-state index contributed by atoms with van der Waals surface area (Å²) in [5.74, 6) is 0. The monoisotopic (exact) mass is 111 g/mol. The number of hydrogen-bond acceptors (Lipinski definition) is 1.